The highest BCUT2D eigenvalue weighted by Gasteiger charge is 2.11. The molecular weight excluding hydrogens is 186 g/mol. The molecule has 2 N–H and O–H groups in total. The van der Waals surface area contributed by atoms with Crippen molar-refractivity contribution in [3.8, 4) is 5.75 Å². The summed E-state index contributed by atoms with van der Waals surface area (Å²) in [6.45, 7) is 8.30. The molecule has 0 aromatic heterocycles. The molecule has 1 aromatic carbocycles. The van der Waals surface area contributed by atoms with Crippen LogP contribution in [0, 0.1) is 5.92 Å². The summed E-state index contributed by atoms with van der Waals surface area (Å²) in [4.78, 5) is 0. The van der Waals surface area contributed by atoms with Crippen molar-refractivity contribution in [3.05, 3.63) is 29.8 Å². The summed E-state index contributed by atoms with van der Waals surface area (Å²) in [7, 11) is 0. The lowest BCUT2D eigenvalue weighted by atomic mass is 9.97. The Labute approximate surface area is 92.4 Å². The molecule has 0 heterocycles. The van der Waals surface area contributed by atoms with E-state index in [9.17, 15) is 0 Å². The minimum atomic E-state index is 0.0840. The van der Waals surface area contributed by atoms with Crippen molar-refractivity contribution in [1.29, 1.82) is 0 Å². The van der Waals surface area contributed by atoms with Gasteiger partial charge in [-0.05, 0) is 37.5 Å². The zero-order valence-electron chi connectivity index (χ0n) is 10.0. The van der Waals surface area contributed by atoms with Crippen LogP contribution < -0.4 is 10.5 Å². The molecule has 2 heteroatoms. The van der Waals surface area contributed by atoms with Gasteiger partial charge in [0.25, 0.3) is 0 Å². The highest BCUT2D eigenvalue weighted by molar-refractivity contribution is 5.30. The van der Waals surface area contributed by atoms with Crippen LogP contribution in [-0.4, -0.2) is 6.10 Å². The van der Waals surface area contributed by atoms with Crippen LogP contribution in [0.3, 0.4) is 0 Å². The Morgan fingerprint density at radius 2 is 1.80 bits per heavy atom. The van der Waals surface area contributed by atoms with Crippen LogP contribution in [0.15, 0.2) is 24.3 Å². The first-order valence-electron chi connectivity index (χ1n) is 5.53. The zero-order valence-corrected chi connectivity index (χ0v) is 10.0. The molecule has 0 fully saturated rings. The Morgan fingerprint density at radius 3 is 2.33 bits per heavy atom. The summed E-state index contributed by atoms with van der Waals surface area (Å²) in [6, 6.07) is 8.13. The van der Waals surface area contributed by atoms with Crippen molar-refractivity contribution >= 4 is 0 Å². The molecule has 1 aromatic rings. The van der Waals surface area contributed by atoms with Gasteiger partial charge in [-0.2, -0.15) is 0 Å². The number of benzene rings is 1. The molecule has 0 radical (unpaired) electrons. The summed E-state index contributed by atoms with van der Waals surface area (Å²) >= 11 is 0. The molecule has 0 aliphatic rings. The smallest absolute Gasteiger partial charge is 0.120 e. The number of nitrogens with two attached hydrogens (primary N) is 1. The van der Waals surface area contributed by atoms with Gasteiger partial charge in [-0.25, -0.2) is 0 Å². The highest BCUT2D eigenvalue weighted by atomic mass is 16.5. The van der Waals surface area contributed by atoms with E-state index in [1.165, 1.54) is 0 Å². The maximum Gasteiger partial charge on any atom is 0.120 e. The molecule has 0 saturated heterocycles. The van der Waals surface area contributed by atoms with Gasteiger partial charge in [0, 0.05) is 6.04 Å². The summed E-state index contributed by atoms with van der Waals surface area (Å²) in [5, 5.41) is 0. The summed E-state index contributed by atoms with van der Waals surface area (Å²) in [5.74, 6) is 1.35. The third-order valence-electron chi connectivity index (χ3n) is 2.33. The standard InChI is InChI=1S/C13H21NO/c1-9(2)13(14)11-6-5-7-12(8-11)15-10(3)4/h5-10,13H,14H2,1-4H3. The Bertz CT molecular complexity index is 307. The fourth-order valence-electron chi connectivity index (χ4n) is 1.45. The van der Waals surface area contributed by atoms with Gasteiger partial charge in [0.05, 0.1) is 6.10 Å². The maximum atomic E-state index is 6.08. The SMILES string of the molecule is CC(C)Oc1cccc(C(N)C(C)C)c1. The average molecular weight is 207 g/mol. The van der Waals surface area contributed by atoms with Crippen LogP contribution in [0.4, 0.5) is 0 Å². The lowest BCUT2D eigenvalue weighted by Gasteiger charge is -2.17. The van der Waals surface area contributed by atoms with Gasteiger partial charge in [-0.1, -0.05) is 26.0 Å². The van der Waals surface area contributed by atoms with E-state index in [0.29, 0.717) is 5.92 Å². The molecule has 0 spiro atoms. The number of ether oxygens (including phenoxy) is 1. The fourth-order valence-corrected chi connectivity index (χ4v) is 1.45. The van der Waals surface area contributed by atoms with Crippen LogP contribution in [0.2, 0.25) is 0 Å². The first-order chi connectivity index (χ1) is 7.00. The van der Waals surface area contributed by atoms with E-state index in [0.717, 1.165) is 11.3 Å². The Kier molecular flexibility index (Phi) is 4.15. The summed E-state index contributed by atoms with van der Waals surface area (Å²) < 4.78 is 5.63. The molecule has 0 saturated carbocycles. The maximum absolute atomic E-state index is 6.08. The van der Waals surface area contributed by atoms with Crippen molar-refractivity contribution in [3.63, 3.8) is 0 Å². The number of hydrogen-bond acceptors (Lipinski definition) is 2. The van der Waals surface area contributed by atoms with Gasteiger partial charge in [0.2, 0.25) is 0 Å². The largest absolute Gasteiger partial charge is 0.491 e. The van der Waals surface area contributed by atoms with E-state index in [1.54, 1.807) is 0 Å². The first-order valence-corrected chi connectivity index (χ1v) is 5.53. The van der Waals surface area contributed by atoms with Crippen LogP contribution in [0.1, 0.15) is 39.3 Å². The van der Waals surface area contributed by atoms with E-state index in [1.807, 2.05) is 32.0 Å². The molecule has 84 valence electrons. The molecule has 0 bridgehead atoms. The molecule has 1 rings (SSSR count). The highest BCUT2D eigenvalue weighted by Crippen LogP contribution is 2.23. The van der Waals surface area contributed by atoms with E-state index in [-0.39, 0.29) is 12.1 Å². The van der Waals surface area contributed by atoms with Crippen molar-refractivity contribution in [2.75, 3.05) is 0 Å². The minimum Gasteiger partial charge on any atom is -0.491 e. The van der Waals surface area contributed by atoms with Crippen LogP contribution in [-0.2, 0) is 0 Å². The molecule has 0 amide bonds. The van der Waals surface area contributed by atoms with E-state index in [2.05, 4.69) is 19.9 Å². The molecule has 15 heavy (non-hydrogen) atoms. The van der Waals surface area contributed by atoms with Gasteiger partial charge in [-0.15, -0.1) is 0 Å². The molecular formula is C13H21NO. The second-order valence-electron chi connectivity index (χ2n) is 4.51. The lowest BCUT2D eigenvalue weighted by molar-refractivity contribution is 0.242. The molecule has 1 unspecified atom stereocenters. The van der Waals surface area contributed by atoms with E-state index < -0.39 is 0 Å². The Hall–Kier alpha value is -1.02. The third-order valence-corrected chi connectivity index (χ3v) is 2.33. The Balaban J connectivity index is 2.82. The molecule has 1 atom stereocenters. The third kappa shape index (κ3) is 3.56. The Morgan fingerprint density at radius 1 is 1.13 bits per heavy atom. The summed E-state index contributed by atoms with van der Waals surface area (Å²) in [6.07, 6.45) is 0.204. The van der Waals surface area contributed by atoms with Crippen LogP contribution >= 0.6 is 0 Å². The van der Waals surface area contributed by atoms with Gasteiger partial charge in [0.1, 0.15) is 5.75 Å². The number of hydrogen-bond donors (Lipinski definition) is 1. The quantitative estimate of drug-likeness (QED) is 0.823. The minimum absolute atomic E-state index is 0.0840. The van der Waals surface area contributed by atoms with Gasteiger partial charge < -0.3 is 10.5 Å². The first kappa shape index (κ1) is 12.1. The molecule has 0 aliphatic heterocycles. The second kappa shape index (κ2) is 5.17. The van der Waals surface area contributed by atoms with E-state index >= 15 is 0 Å². The van der Waals surface area contributed by atoms with Gasteiger partial charge in [-0.3, -0.25) is 0 Å². The van der Waals surface area contributed by atoms with Crippen molar-refractivity contribution in [2.24, 2.45) is 11.7 Å². The second-order valence-corrected chi connectivity index (χ2v) is 4.51. The normalized spacial score (nSPS) is 13.3. The number of rotatable bonds is 4. The lowest BCUT2D eigenvalue weighted by Crippen LogP contribution is -2.16. The predicted octanol–water partition coefficient (Wildman–Crippen LogP) is 3.13. The van der Waals surface area contributed by atoms with Crippen molar-refractivity contribution < 1.29 is 4.74 Å². The summed E-state index contributed by atoms with van der Waals surface area (Å²) in [5.41, 5.74) is 7.22. The van der Waals surface area contributed by atoms with Crippen LogP contribution in [0.5, 0.6) is 5.75 Å². The van der Waals surface area contributed by atoms with Crippen molar-refractivity contribution in [2.45, 2.75) is 39.8 Å². The average Bonchev–Trinajstić information content (AvgIpc) is 2.16. The predicted molar refractivity (Wildman–Crippen MR) is 64.0 cm³/mol. The van der Waals surface area contributed by atoms with Crippen LogP contribution in [0.25, 0.3) is 0 Å². The monoisotopic (exact) mass is 207 g/mol. The fraction of sp³-hybridized carbons (Fsp3) is 0.538. The van der Waals surface area contributed by atoms with Crippen molar-refractivity contribution in [1.82, 2.24) is 0 Å². The zero-order chi connectivity index (χ0) is 11.4. The van der Waals surface area contributed by atoms with Gasteiger partial charge in [0.15, 0.2) is 0 Å². The van der Waals surface area contributed by atoms with E-state index in [4.69, 9.17) is 10.5 Å². The molecule has 0 aliphatic carbocycles. The topological polar surface area (TPSA) is 35.2 Å². The van der Waals surface area contributed by atoms with Gasteiger partial charge >= 0.3 is 0 Å². The molecule has 2 nitrogen and oxygen atoms in total.